The van der Waals surface area contributed by atoms with Crippen molar-refractivity contribution >= 4 is 70.9 Å². The van der Waals surface area contributed by atoms with E-state index in [9.17, 15) is 0 Å². The molecular weight excluding hydrogens is 687 g/mol. The Bertz CT molecular complexity index is 3170. The molecule has 0 aliphatic rings. The molecule has 0 saturated heterocycles. The predicted molar refractivity (Wildman–Crippen MR) is 245 cm³/mol. The first-order valence-corrected chi connectivity index (χ1v) is 19.7. The molecule has 0 unspecified atom stereocenters. The molecule has 0 N–H and O–H groups in total. The first kappa shape index (κ1) is 32.9. The van der Waals surface area contributed by atoms with E-state index in [0.29, 0.717) is 0 Å². The van der Waals surface area contributed by atoms with Gasteiger partial charge in [0.25, 0.3) is 0 Å². The minimum atomic E-state index is 1.11. The molecule has 0 saturated carbocycles. The molecule has 11 aromatic rings. The summed E-state index contributed by atoms with van der Waals surface area (Å²) in [7, 11) is 0. The van der Waals surface area contributed by atoms with Gasteiger partial charge in [-0.1, -0.05) is 188 Å². The average Bonchev–Trinajstić information content (AvgIpc) is 3.29. The van der Waals surface area contributed by atoms with Crippen molar-refractivity contribution in [3.8, 4) is 33.4 Å². The number of rotatable bonds is 6. The van der Waals surface area contributed by atoms with Crippen molar-refractivity contribution in [1.29, 1.82) is 0 Å². The van der Waals surface area contributed by atoms with Crippen LogP contribution in [0.1, 0.15) is 0 Å². The molecular formula is C56H37N. The largest absolute Gasteiger partial charge is 0.310 e. The van der Waals surface area contributed by atoms with E-state index in [2.05, 4.69) is 229 Å². The van der Waals surface area contributed by atoms with E-state index >= 15 is 0 Å². The highest BCUT2D eigenvalue weighted by Gasteiger charge is 2.20. The number of benzene rings is 11. The molecule has 0 aromatic heterocycles. The SMILES string of the molecule is c1ccc(-c2ccc(N(c3ccc(-c4ccccc4)cc3)c3ccc(-c4cc5ccc6ccccc6c5c5c4ccc4ccccc45)c4ccccc34)cc2)cc1. The number of nitrogens with zero attached hydrogens (tertiary/aromatic N) is 1. The lowest BCUT2D eigenvalue weighted by Gasteiger charge is -2.28. The lowest BCUT2D eigenvalue weighted by atomic mass is 9.86. The minimum absolute atomic E-state index is 1.11. The second kappa shape index (κ2) is 13.7. The van der Waals surface area contributed by atoms with Gasteiger partial charge < -0.3 is 4.90 Å². The molecule has 0 aliphatic heterocycles. The third-order valence-electron chi connectivity index (χ3n) is 11.6. The highest BCUT2D eigenvalue weighted by molar-refractivity contribution is 6.31. The molecule has 0 spiro atoms. The van der Waals surface area contributed by atoms with Gasteiger partial charge in [0, 0.05) is 16.8 Å². The van der Waals surface area contributed by atoms with Gasteiger partial charge in [-0.3, -0.25) is 0 Å². The monoisotopic (exact) mass is 723 g/mol. The Kier molecular flexibility index (Phi) is 7.89. The zero-order valence-corrected chi connectivity index (χ0v) is 31.3. The number of fused-ring (bicyclic) bond motifs is 8. The highest BCUT2D eigenvalue weighted by atomic mass is 15.1. The van der Waals surface area contributed by atoms with Crippen LogP contribution >= 0.6 is 0 Å². The van der Waals surface area contributed by atoms with Crippen LogP contribution < -0.4 is 4.90 Å². The standard InChI is InChI=1S/C56H37N/c1-3-13-38(14-4-1)40-25-30-45(31-26-40)57(46-32-27-41(28-33-46)39-15-5-2-6-16-39)54-36-35-50(49-21-11-12-22-51(49)54)53-37-44-24-23-42-17-7-9-19-47(42)55(44)56-48-20-10-8-18-43(48)29-34-52(53)56/h1-37H. The summed E-state index contributed by atoms with van der Waals surface area (Å²) in [5.74, 6) is 0. The van der Waals surface area contributed by atoms with Crippen molar-refractivity contribution in [2.24, 2.45) is 0 Å². The minimum Gasteiger partial charge on any atom is -0.310 e. The normalized spacial score (nSPS) is 11.5. The third kappa shape index (κ3) is 5.63. The van der Waals surface area contributed by atoms with E-state index in [0.717, 1.165) is 17.1 Å². The predicted octanol–water partition coefficient (Wildman–Crippen LogP) is 15.9. The molecule has 1 heteroatoms. The molecule has 0 atom stereocenters. The van der Waals surface area contributed by atoms with Gasteiger partial charge in [0.05, 0.1) is 5.69 Å². The van der Waals surface area contributed by atoms with Crippen molar-refractivity contribution < 1.29 is 0 Å². The highest BCUT2D eigenvalue weighted by Crippen LogP contribution is 2.46. The molecule has 11 aromatic carbocycles. The van der Waals surface area contributed by atoms with Gasteiger partial charge in [0.1, 0.15) is 0 Å². The van der Waals surface area contributed by atoms with Crippen LogP contribution in [0.3, 0.4) is 0 Å². The van der Waals surface area contributed by atoms with Crippen LogP contribution in [0.4, 0.5) is 17.1 Å². The average molecular weight is 724 g/mol. The molecule has 0 aliphatic carbocycles. The van der Waals surface area contributed by atoms with Crippen LogP contribution in [0.25, 0.3) is 87.2 Å². The smallest absolute Gasteiger partial charge is 0.0540 e. The van der Waals surface area contributed by atoms with Crippen LogP contribution in [0, 0.1) is 0 Å². The molecule has 1 nitrogen and oxygen atoms in total. The second-order valence-corrected chi connectivity index (χ2v) is 14.9. The van der Waals surface area contributed by atoms with Gasteiger partial charge in [-0.05, 0) is 118 Å². The Morgan fingerprint density at radius 2 is 0.702 bits per heavy atom. The van der Waals surface area contributed by atoms with Crippen LogP contribution in [0.5, 0.6) is 0 Å². The molecule has 0 fully saturated rings. The fourth-order valence-electron chi connectivity index (χ4n) is 8.92. The number of hydrogen-bond acceptors (Lipinski definition) is 1. The zero-order chi connectivity index (χ0) is 37.7. The fourth-order valence-corrected chi connectivity index (χ4v) is 8.92. The van der Waals surface area contributed by atoms with E-state index in [1.54, 1.807) is 0 Å². The summed E-state index contributed by atoms with van der Waals surface area (Å²) >= 11 is 0. The van der Waals surface area contributed by atoms with E-state index < -0.39 is 0 Å². The summed E-state index contributed by atoms with van der Waals surface area (Å²) < 4.78 is 0. The van der Waals surface area contributed by atoms with E-state index in [-0.39, 0.29) is 0 Å². The lowest BCUT2D eigenvalue weighted by molar-refractivity contribution is 1.30. The summed E-state index contributed by atoms with van der Waals surface area (Å²) in [5.41, 5.74) is 10.6. The topological polar surface area (TPSA) is 3.24 Å². The quantitative estimate of drug-likeness (QED) is 0.154. The Hall–Kier alpha value is -7.48. The molecule has 0 amide bonds. The molecule has 0 bridgehead atoms. The molecule has 266 valence electrons. The van der Waals surface area contributed by atoms with Crippen LogP contribution in [-0.4, -0.2) is 0 Å². The van der Waals surface area contributed by atoms with Gasteiger partial charge in [-0.2, -0.15) is 0 Å². The molecule has 0 radical (unpaired) electrons. The summed E-state index contributed by atoms with van der Waals surface area (Å²) in [6, 6.07) is 82.0. The van der Waals surface area contributed by atoms with Crippen molar-refractivity contribution in [1.82, 2.24) is 0 Å². The second-order valence-electron chi connectivity index (χ2n) is 14.9. The molecule has 11 rings (SSSR count). The zero-order valence-electron chi connectivity index (χ0n) is 31.3. The maximum absolute atomic E-state index is 2.42. The van der Waals surface area contributed by atoms with E-state index in [1.807, 2.05) is 0 Å². The van der Waals surface area contributed by atoms with Crippen LogP contribution in [0.2, 0.25) is 0 Å². The van der Waals surface area contributed by atoms with Crippen molar-refractivity contribution in [2.75, 3.05) is 4.90 Å². The maximum Gasteiger partial charge on any atom is 0.0540 e. The Morgan fingerprint density at radius 3 is 1.30 bits per heavy atom. The molecule has 0 heterocycles. The van der Waals surface area contributed by atoms with Crippen molar-refractivity contribution in [2.45, 2.75) is 0 Å². The van der Waals surface area contributed by atoms with Gasteiger partial charge in [0.15, 0.2) is 0 Å². The summed E-state index contributed by atoms with van der Waals surface area (Å²) in [5, 5.41) is 12.6. The molecule has 57 heavy (non-hydrogen) atoms. The lowest BCUT2D eigenvalue weighted by Crippen LogP contribution is -2.10. The van der Waals surface area contributed by atoms with Crippen molar-refractivity contribution in [3.05, 3.63) is 224 Å². The summed E-state index contributed by atoms with van der Waals surface area (Å²) in [4.78, 5) is 2.41. The third-order valence-corrected chi connectivity index (χ3v) is 11.6. The van der Waals surface area contributed by atoms with Gasteiger partial charge in [0.2, 0.25) is 0 Å². The first-order chi connectivity index (χ1) is 28.3. The van der Waals surface area contributed by atoms with Crippen LogP contribution in [-0.2, 0) is 0 Å². The Labute approximate surface area is 332 Å². The summed E-state index contributed by atoms with van der Waals surface area (Å²) in [6.45, 7) is 0. The summed E-state index contributed by atoms with van der Waals surface area (Å²) in [6.07, 6.45) is 0. The van der Waals surface area contributed by atoms with Gasteiger partial charge in [-0.25, -0.2) is 0 Å². The Morgan fingerprint density at radius 1 is 0.246 bits per heavy atom. The van der Waals surface area contributed by atoms with E-state index in [4.69, 9.17) is 0 Å². The van der Waals surface area contributed by atoms with E-state index in [1.165, 1.54) is 87.2 Å². The van der Waals surface area contributed by atoms with Crippen LogP contribution in [0.15, 0.2) is 224 Å². The number of anilines is 3. The maximum atomic E-state index is 2.42. The Balaban J connectivity index is 1.14. The van der Waals surface area contributed by atoms with Crippen molar-refractivity contribution in [3.63, 3.8) is 0 Å². The fraction of sp³-hybridized carbons (Fsp3) is 0. The first-order valence-electron chi connectivity index (χ1n) is 19.7. The van der Waals surface area contributed by atoms with Gasteiger partial charge >= 0.3 is 0 Å². The van der Waals surface area contributed by atoms with Gasteiger partial charge in [-0.15, -0.1) is 0 Å². The number of hydrogen-bond donors (Lipinski definition) is 0.